The van der Waals surface area contributed by atoms with Crippen LogP contribution in [0.25, 0.3) is 0 Å². The molecule has 0 N–H and O–H groups in total. The van der Waals surface area contributed by atoms with Gasteiger partial charge in [0.15, 0.2) is 0 Å². The smallest absolute Gasteiger partial charge is 0.308 e. The highest BCUT2D eigenvalue weighted by Gasteiger charge is 2.15. The van der Waals surface area contributed by atoms with Crippen molar-refractivity contribution < 1.29 is 56.6 Å². The van der Waals surface area contributed by atoms with Crippen LogP contribution in [0.4, 0.5) is 4.39 Å². The van der Waals surface area contributed by atoms with Gasteiger partial charge in [0.05, 0.1) is 125 Å². The van der Waals surface area contributed by atoms with Gasteiger partial charge in [-0.15, -0.1) is 0 Å². The fraction of sp³-hybridized carbons (Fsp3) is 0.960. The zero-order chi connectivity index (χ0) is 27.3. The first-order valence-electron chi connectivity index (χ1n) is 12.9. The monoisotopic (exact) mass is 544 g/mol. The van der Waals surface area contributed by atoms with Crippen LogP contribution in [0.5, 0.6) is 0 Å². The minimum absolute atomic E-state index is 0.111. The third-order valence-electron chi connectivity index (χ3n) is 4.07. The first-order valence-corrected chi connectivity index (χ1v) is 12.9. The molecule has 0 aliphatic heterocycles. The second-order valence-electron chi connectivity index (χ2n) is 8.54. The van der Waals surface area contributed by atoms with Gasteiger partial charge in [-0.1, -0.05) is 0 Å². The van der Waals surface area contributed by atoms with Crippen LogP contribution in [0.3, 0.4) is 0 Å². The Balaban J connectivity index is 3.09. The predicted molar refractivity (Wildman–Crippen MR) is 134 cm³/mol. The van der Waals surface area contributed by atoms with E-state index in [1.165, 1.54) is 0 Å². The number of hydrogen-bond donors (Lipinski definition) is 0. The zero-order valence-corrected chi connectivity index (χ0v) is 23.0. The number of carbonyl (C=O) groups excluding carboxylic acids is 1. The van der Waals surface area contributed by atoms with Crippen LogP contribution in [0.15, 0.2) is 0 Å². The Bertz CT molecular complexity index is 478. The lowest BCUT2D eigenvalue weighted by Crippen LogP contribution is -2.24. The molecule has 0 saturated carbocycles. The summed E-state index contributed by atoms with van der Waals surface area (Å²) in [6, 6.07) is 0. The van der Waals surface area contributed by atoms with Crippen molar-refractivity contribution in [3.63, 3.8) is 0 Å². The predicted octanol–water partition coefficient (Wildman–Crippen LogP) is 1.84. The molecule has 0 atom stereocenters. The lowest BCUT2D eigenvalue weighted by Gasteiger charge is -2.19. The van der Waals surface area contributed by atoms with Gasteiger partial charge < -0.3 is 47.4 Å². The molecule has 0 aliphatic carbocycles. The molecule has 12 heteroatoms. The lowest BCUT2D eigenvalue weighted by molar-refractivity contribution is -0.156. The van der Waals surface area contributed by atoms with Gasteiger partial charge in [0.25, 0.3) is 0 Å². The van der Waals surface area contributed by atoms with E-state index >= 15 is 0 Å². The molecule has 0 bridgehead atoms. The molecule has 0 aromatic rings. The molecule has 0 saturated heterocycles. The topological polar surface area (TPSA) is 109 Å². The molecular formula is C25H49FO11. The van der Waals surface area contributed by atoms with Gasteiger partial charge in [-0.25, -0.2) is 4.39 Å². The van der Waals surface area contributed by atoms with E-state index in [1.54, 1.807) is 0 Å². The number of alkyl halides is 1. The van der Waals surface area contributed by atoms with Crippen LogP contribution in [-0.2, 0) is 52.2 Å². The number of rotatable bonds is 29. The first-order chi connectivity index (χ1) is 18.0. The highest BCUT2D eigenvalue weighted by molar-refractivity contribution is 5.69. The minimum Gasteiger partial charge on any atom is -0.460 e. The highest BCUT2D eigenvalue weighted by atomic mass is 19.1. The van der Waals surface area contributed by atoms with Crippen LogP contribution in [0, 0.1) is 0 Å². The quantitative estimate of drug-likeness (QED) is 0.102. The minimum atomic E-state index is -0.476. The van der Waals surface area contributed by atoms with Crippen molar-refractivity contribution in [3.8, 4) is 0 Å². The maximum absolute atomic E-state index is 11.8. The van der Waals surface area contributed by atoms with Gasteiger partial charge in [0.1, 0.15) is 12.3 Å². The summed E-state index contributed by atoms with van der Waals surface area (Å²) in [5.74, 6) is -0.267. The Morgan fingerprint density at radius 1 is 0.459 bits per heavy atom. The van der Waals surface area contributed by atoms with E-state index in [4.69, 9.17) is 47.4 Å². The average Bonchev–Trinajstić information content (AvgIpc) is 2.84. The molecule has 0 unspecified atom stereocenters. The van der Waals surface area contributed by atoms with Gasteiger partial charge in [-0.05, 0) is 20.8 Å². The molecule has 0 fully saturated rings. The molecular weight excluding hydrogens is 495 g/mol. The molecule has 0 amide bonds. The SMILES string of the molecule is CC(C)(C)OC(=O)CCOCCOCCOCCOCCOCCOCCOCCOCCOCCF. The van der Waals surface area contributed by atoms with Crippen molar-refractivity contribution in [2.45, 2.75) is 32.8 Å². The van der Waals surface area contributed by atoms with Crippen molar-refractivity contribution in [3.05, 3.63) is 0 Å². The summed E-state index contributed by atoms with van der Waals surface area (Å²) in [6.45, 7) is 12.9. The van der Waals surface area contributed by atoms with E-state index in [-0.39, 0.29) is 19.0 Å². The van der Waals surface area contributed by atoms with Crippen molar-refractivity contribution >= 4 is 5.97 Å². The molecule has 37 heavy (non-hydrogen) atoms. The summed E-state index contributed by atoms with van der Waals surface area (Å²) in [6.07, 6.45) is 0.231. The molecule has 0 radical (unpaired) electrons. The van der Waals surface area contributed by atoms with E-state index in [0.717, 1.165) is 0 Å². The van der Waals surface area contributed by atoms with Gasteiger partial charge >= 0.3 is 5.97 Å². The summed E-state index contributed by atoms with van der Waals surface area (Å²) < 4.78 is 65.0. The van der Waals surface area contributed by atoms with Gasteiger partial charge in [-0.2, -0.15) is 0 Å². The van der Waals surface area contributed by atoms with Gasteiger partial charge in [0.2, 0.25) is 0 Å². The Morgan fingerprint density at radius 3 is 0.946 bits per heavy atom. The molecule has 0 rings (SSSR count). The van der Waals surface area contributed by atoms with Crippen LogP contribution in [0.1, 0.15) is 27.2 Å². The van der Waals surface area contributed by atoms with E-state index in [2.05, 4.69) is 0 Å². The second kappa shape index (κ2) is 28.1. The number of carbonyl (C=O) groups is 1. The van der Waals surface area contributed by atoms with Crippen molar-refractivity contribution in [2.24, 2.45) is 0 Å². The number of hydrogen-bond acceptors (Lipinski definition) is 11. The molecule has 11 nitrogen and oxygen atoms in total. The Hall–Kier alpha value is -0.960. The van der Waals surface area contributed by atoms with Gasteiger partial charge in [-0.3, -0.25) is 4.79 Å². The fourth-order valence-corrected chi connectivity index (χ4v) is 2.46. The van der Waals surface area contributed by atoms with E-state index in [0.29, 0.717) is 112 Å². The molecule has 0 aliphatic rings. The Labute approximate surface area is 221 Å². The van der Waals surface area contributed by atoms with E-state index in [9.17, 15) is 9.18 Å². The standard InChI is InChI=1S/C25H49FO11/c1-25(2,3)37-24(27)4-6-28-8-10-30-12-14-32-16-18-34-20-22-36-23-21-35-19-17-33-15-13-31-11-9-29-7-5-26/h4-23H2,1-3H3. The molecule has 0 spiro atoms. The van der Waals surface area contributed by atoms with Crippen LogP contribution >= 0.6 is 0 Å². The molecule has 0 aromatic carbocycles. The maximum Gasteiger partial charge on any atom is 0.308 e. The fourth-order valence-electron chi connectivity index (χ4n) is 2.46. The first kappa shape index (κ1) is 36.0. The van der Waals surface area contributed by atoms with Crippen LogP contribution < -0.4 is 0 Å². The Kier molecular flexibility index (Phi) is 27.3. The normalized spacial score (nSPS) is 11.8. The summed E-state index contributed by atoms with van der Waals surface area (Å²) in [5.41, 5.74) is -0.472. The van der Waals surface area contributed by atoms with Crippen molar-refractivity contribution in [1.29, 1.82) is 0 Å². The molecule has 0 heterocycles. The second-order valence-corrected chi connectivity index (χ2v) is 8.54. The van der Waals surface area contributed by atoms with Crippen molar-refractivity contribution in [2.75, 3.05) is 126 Å². The van der Waals surface area contributed by atoms with E-state index in [1.807, 2.05) is 20.8 Å². The molecule has 0 aromatic heterocycles. The largest absolute Gasteiger partial charge is 0.460 e. The van der Waals surface area contributed by atoms with E-state index < -0.39 is 12.3 Å². The Morgan fingerprint density at radius 2 is 0.703 bits per heavy atom. The highest BCUT2D eigenvalue weighted by Crippen LogP contribution is 2.08. The summed E-state index contributed by atoms with van der Waals surface area (Å²) in [4.78, 5) is 11.5. The van der Waals surface area contributed by atoms with Crippen LogP contribution in [-0.4, -0.2) is 137 Å². The van der Waals surface area contributed by atoms with Crippen LogP contribution in [0.2, 0.25) is 0 Å². The third kappa shape index (κ3) is 33.0. The summed E-state index contributed by atoms with van der Waals surface area (Å²) in [5, 5.41) is 0. The number of esters is 1. The summed E-state index contributed by atoms with van der Waals surface area (Å²) in [7, 11) is 0. The number of halogens is 1. The van der Waals surface area contributed by atoms with Crippen molar-refractivity contribution in [1.82, 2.24) is 0 Å². The zero-order valence-electron chi connectivity index (χ0n) is 23.0. The van der Waals surface area contributed by atoms with Gasteiger partial charge in [0, 0.05) is 0 Å². The molecule has 222 valence electrons. The average molecular weight is 545 g/mol. The maximum atomic E-state index is 11.8. The number of ether oxygens (including phenoxy) is 10. The third-order valence-corrected chi connectivity index (χ3v) is 4.07. The lowest BCUT2D eigenvalue weighted by atomic mass is 10.2. The summed E-state index contributed by atoms with van der Waals surface area (Å²) >= 11 is 0.